The Bertz CT molecular complexity index is 839. The van der Waals surface area contributed by atoms with Crippen LogP contribution < -0.4 is 5.32 Å². The van der Waals surface area contributed by atoms with Crippen molar-refractivity contribution in [2.75, 3.05) is 11.1 Å². The molecule has 0 aliphatic heterocycles. The van der Waals surface area contributed by atoms with Crippen LogP contribution >= 0.6 is 35.0 Å². The van der Waals surface area contributed by atoms with Crippen LogP contribution in [-0.4, -0.2) is 36.6 Å². The first-order valence-electron chi connectivity index (χ1n) is 6.62. The van der Waals surface area contributed by atoms with Crippen LogP contribution in [0.25, 0.3) is 0 Å². The minimum atomic E-state index is -0.250. The highest BCUT2D eigenvalue weighted by Gasteiger charge is 2.11. The van der Waals surface area contributed by atoms with Crippen molar-refractivity contribution in [3.63, 3.8) is 0 Å². The Morgan fingerprint density at radius 2 is 2.21 bits per heavy atom. The van der Waals surface area contributed by atoms with Crippen molar-refractivity contribution in [3.8, 4) is 0 Å². The van der Waals surface area contributed by atoms with Crippen molar-refractivity contribution in [2.45, 2.75) is 11.8 Å². The van der Waals surface area contributed by atoms with Crippen molar-refractivity contribution < 1.29 is 9.21 Å². The Kier molecular flexibility index (Phi) is 5.34. The third-order valence-electron chi connectivity index (χ3n) is 2.74. The zero-order valence-electron chi connectivity index (χ0n) is 12.0. The second-order valence-corrected chi connectivity index (χ2v) is 6.29. The fourth-order valence-electron chi connectivity index (χ4n) is 1.72. The number of amides is 1. The van der Waals surface area contributed by atoms with E-state index in [2.05, 4.69) is 25.6 Å². The van der Waals surface area contributed by atoms with Crippen LogP contribution in [-0.2, 0) is 11.3 Å². The summed E-state index contributed by atoms with van der Waals surface area (Å²) in [5, 5.41) is 15.5. The molecular formula is C13H10Cl2N6O2S. The van der Waals surface area contributed by atoms with Gasteiger partial charge in [-0.25, -0.2) is 9.67 Å². The van der Waals surface area contributed by atoms with Gasteiger partial charge in [0.05, 0.1) is 16.5 Å². The molecule has 2 heterocycles. The van der Waals surface area contributed by atoms with E-state index in [1.165, 1.54) is 6.33 Å². The molecule has 8 nitrogen and oxygen atoms in total. The first kappa shape index (κ1) is 16.7. The molecule has 0 saturated heterocycles. The van der Waals surface area contributed by atoms with Gasteiger partial charge in [0.15, 0.2) is 0 Å². The van der Waals surface area contributed by atoms with E-state index in [0.717, 1.165) is 11.8 Å². The number of nitrogens with zero attached hydrogens (tertiary/aromatic N) is 5. The van der Waals surface area contributed by atoms with Gasteiger partial charge in [-0.2, -0.15) is 5.10 Å². The molecule has 1 aromatic carbocycles. The molecule has 0 fully saturated rings. The molecule has 3 aromatic rings. The molecule has 11 heteroatoms. The lowest BCUT2D eigenvalue weighted by Gasteiger charge is -2.06. The number of hydrogen-bond donors (Lipinski definition) is 1. The monoisotopic (exact) mass is 384 g/mol. The van der Waals surface area contributed by atoms with Gasteiger partial charge in [0.25, 0.3) is 5.22 Å². The quantitative estimate of drug-likeness (QED) is 0.652. The van der Waals surface area contributed by atoms with Gasteiger partial charge in [0.2, 0.25) is 11.8 Å². The van der Waals surface area contributed by atoms with Crippen molar-refractivity contribution in [1.82, 2.24) is 25.0 Å². The molecule has 0 radical (unpaired) electrons. The summed E-state index contributed by atoms with van der Waals surface area (Å²) >= 11 is 12.9. The van der Waals surface area contributed by atoms with E-state index in [1.807, 2.05) is 0 Å². The second-order valence-electron chi connectivity index (χ2n) is 4.52. The summed E-state index contributed by atoms with van der Waals surface area (Å²) in [5.41, 5.74) is 0.490. The van der Waals surface area contributed by atoms with Crippen LogP contribution in [0.1, 0.15) is 5.89 Å². The van der Waals surface area contributed by atoms with Gasteiger partial charge in [-0.3, -0.25) is 4.79 Å². The first-order valence-corrected chi connectivity index (χ1v) is 8.37. The van der Waals surface area contributed by atoms with Crippen LogP contribution in [0.4, 0.5) is 5.69 Å². The van der Waals surface area contributed by atoms with Crippen molar-refractivity contribution >= 4 is 46.6 Å². The van der Waals surface area contributed by atoms with Gasteiger partial charge in [-0.05, 0) is 18.2 Å². The predicted molar refractivity (Wildman–Crippen MR) is 89.2 cm³/mol. The number of carbonyl (C=O) groups excluding carboxylic acids is 1. The SMILES string of the molecule is O=C(CSc1nnc(Cn2cncn2)o1)Nc1ccc(Cl)cc1Cl. The van der Waals surface area contributed by atoms with E-state index in [4.69, 9.17) is 27.6 Å². The minimum absolute atomic E-state index is 0.101. The molecule has 124 valence electrons. The molecule has 24 heavy (non-hydrogen) atoms. The topological polar surface area (TPSA) is 98.7 Å². The van der Waals surface area contributed by atoms with Gasteiger partial charge in [0, 0.05) is 5.02 Å². The number of halogens is 2. The number of rotatable bonds is 6. The highest BCUT2D eigenvalue weighted by Crippen LogP contribution is 2.25. The zero-order valence-corrected chi connectivity index (χ0v) is 14.3. The molecule has 2 aromatic heterocycles. The number of hydrogen-bond acceptors (Lipinski definition) is 7. The van der Waals surface area contributed by atoms with E-state index in [9.17, 15) is 4.79 Å². The van der Waals surface area contributed by atoms with E-state index in [0.29, 0.717) is 33.4 Å². The van der Waals surface area contributed by atoms with Crippen LogP contribution in [0.3, 0.4) is 0 Å². The maximum atomic E-state index is 12.0. The van der Waals surface area contributed by atoms with Crippen LogP contribution in [0.5, 0.6) is 0 Å². The van der Waals surface area contributed by atoms with E-state index in [-0.39, 0.29) is 11.7 Å². The lowest BCUT2D eigenvalue weighted by atomic mass is 10.3. The second kappa shape index (κ2) is 7.65. The zero-order chi connectivity index (χ0) is 16.9. The Balaban J connectivity index is 1.52. The molecule has 1 N–H and O–H groups in total. The lowest BCUT2D eigenvalue weighted by molar-refractivity contribution is -0.113. The molecule has 0 bridgehead atoms. The molecule has 1 amide bonds. The number of thioether (sulfide) groups is 1. The summed E-state index contributed by atoms with van der Waals surface area (Å²) in [5.74, 6) is 0.230. The summed E-state index contributed by atoms with van der Waals surface area (Å²) in [6.45, 7) is 0.320. The Hall–Kier alpha value is -2.10. The van der Waals surface area contributed by atoms with Crippen molar-refractivity contribution in [1.29, 1.82) is 0 Å². The van der Waals surface area contributed by atoms with Gasteiger partial charge in [0.1, 0.15) is 19.2 Å². The van der Waals surface area contributed by atoms with Crippen molar-refractivity contribution in [2.24, 2.45) is 0 Å². The molecule has 3 rings (SSSR count). The van der Waals surface area contributed by atoms with Crippen molar-refractivity contribution in [3.05, 3.63) is 46.8 Å². The molecule has 0 saturated carbocycles. The van der Waals surface area contributed by atoms with Gasteiger partial charge >= 0.3 is 0 Å². The number of anilines is 1. The third-order valence-corrected chi connectivity index (χ3v) is 4.11. The summed E-state index contributed by atoms with van der Waals surface area (Å²) < 4.78 is 6.98. The number of benzene rings is 1. The highest BCUT2D eigenvalue weighted by atomic mass is 35.5. The fraction of sp³-hybridized carbons (Fsp3) is 0.154. The van der Waals surface area contributed by atoms with Gasteiger partial charge in [-0.15, -0.1) is 10.2 Å². The highest BCUT2D eigenvalue weighted by molar-refractivity contribution is 7.99. The minimum Gasteiger partial charge on any atom is -0.414 e. The lowest BCUT2D eigenvalue weighted by Crippen LogP contribution is -2.14. The van der Waals surface area contributed by atoms with Crippen LogP contribution in [0.15, 0.2) is 40.5 Å². The standard InChI is InChI=1S/C13H10Cl2N6O2S/c14-8-1-2-10(9(15)3-8)18-11(22)5-24-13-20-19-12(23-13)4-21-7-16-6-17-21/h1-3,6-7H,4-5H2,(H,18,22). The van der Waals surface area contributed by atoms with Crippen LogP contribution in [0.2, 0.25) is 10.0 Å². The molecule has 0 atom stereocenters. The number of carbonyl (C=O) groups is 1. The van der Waals surface area contributed by atoms with Crippen LogP contribution in [0, 0.1) is 0 Å². The fourth-order valence-corrected chi connectivity index (χ4v) is 2.75. The smallest absolute Gasteiger partial charge is 0.277 e. The number of aromatic nitrogens is 5. The van der Waals surface area contributed by atoms with Gasteiger partial charge in [-0.1, -0.05) is 35.0 Å². The third kappa shape index (κ3) is 4.47. The summed E-state index contributed by atoms with van der Waals surface area (Å²) in [6.07, 6.45) is 2.96. The first-order chi connectivity index (χ1) is 11.6. The molecule has 0 spiro atoms. The molecule has 0 unspecified atom stereocenters. The Morgan fingerprint density at radius 1 is 1.33 bits per heavy atom. The average Bonchev–Trinajstić information content (AvgIpc) is 3.20. The largest absolute Gasteiger partial charge is 0.414 e. The normalized spacial score (nSPS) is 10.8. The van der Waals surface area contributed by atoms with E-state index < -0.39 is 0 Å². The van der Waals surface area contributed by atoms with E-state index in [1.54, 1.807) is 29.2 Å². The summed E-state index contributed by atoms with van der Waals surface area (Å²) in [7, 11) is 0. The van der Waals surface area contributed by atoms with Gasteiger partial charge < -0.3 is 9.73 Å². The Labute approximate surface area is 150 Å². The maximum absolute atomic E-state index is 12.0. The molecule has 0 aliphatic rings. The number of nitrogens with one attached hydrogen (secondary N) is 1. The average molecular weight is 385 g/mol. The summed E-state index contributed by atoms with van der Waals surface area (Å²) in [4.78, 5) is 15.8. The summed E-state index contributed by atoms with van der Waals surface area (Å²) in [6, 6.07) is 4.83. The molecule has 0 aliphatic carbocycles. The maximum Gasteiger partial charge on any atom is 0.277 e. The molecular weight excluding hydrogens is 375 g/mol. The Morgan fingerprint density at radius 3 is 2.96 bits per heavy atom. The predicted octanol–water partition coefficient (Wildman–Crippen LogP) is 2.75. The van der Waals surface area contributed by atoms with E-state index >= 15 is 0 Å².